The molecule has 7 heteroatoms. The second kappa shape index (κ2) is 5.88. The van der Waals surface area contributed by atoms with Gasteiger partial charge in [-0.05, 0) is 28.5 Å². The van der Waals surface area contributed by atoms with Crippen LogP contribution in [0, 0.1) is 5.82 Å². The van der Waals surface area contributed by atoms with Gasteiger partial charge in [0.1, 0.15) is 17.6 Å². The van der Waals surface area contributed by atoms with E-state index in [0.29, 0.717) is 0 Å². The molecule has 1 aromatic rings. The molecule has 2 nitrogen and oxygen atoms in total. The number of hydrogen-bond donors (Lipinski definition) is 1. The van der Waals surface area contributed by atoms with E-state index in [9.17, 15) is 17.6 Å². The van der Waals surface area contributed by atoms with Gasteiger partial charge >= 0.3 is 6.18 Å². The molecule has 1 atom stereocenters. The molecule has 0 fully saturated rings. The quantitative estimate of drug-likeness (QED) is 0.848. The van der Waals surface area contributed by atoms with E-state index in [4.69, 9.17) is 4.74 Å². The molecule has 0 spiro atoms. The average Bonchev–Trinajstić information content (AvgIpc) is 2.27. The summed E-state index contributed by atoms with van der Waals surface area (Å²) < 4.78 is 56.8. The van der Waals surface area contributed by atoms with Crippen LogP contribution in [0.3, 0.4) is 0 Å². The van der Waals surface area contributed by atoms with Gasteiger partial charge in [0.25, 0.3) is 0 Å². The Kier molecular flexibility index (Phi) is 4.98. The standard InChI is InChI=1S/C11H12BrF4NO/c1-3-17-10(11(14,15)16)6-4-7(12)8(13)5-9(6)18-2/h4-5,10,17H,3H2,1-2H3. The summed E-state index contributed by atoms with van der Waals surface area (Å²) in [5, 5.41) is 2.31. The molecular weight excluding hydrogens is 318 g/mol. The van der Waals surface area contributed by atoms with Crippen molar-refractivity contribution in [3.8, 4) is 5.75 Å². The lowest BCUT2D eigenvalue weighted by molar-refractivity contribution is -0.157. The van der Waals surface area contributed by atoms with Crippen LogP contribution in [-0.4, -0.2) is 19.8 Å². The Balaban J connectivity index is 3.31. The van der Waals surface area contributed by atoms with Crippen molar-refractivity contribution in [1.82, 2.24) is 5.32 Å². The zero-order valence-corrected chi connectivity index (χ0v) is 11.3. The van der Waals surface area contributed by atoms with Gasteiger partial charge in [0.05, 0.1) is 11.6 Å². The number of methoxy groups -OCH3 is 1. The smallest absolute Gasteiger partial charge is 0.408 e. The molecule has 0 aliphatic rings. The lowest BCUT2D eigenvalue weighted by Crippen LogP contribution is -2.34. The Labute approximate surface area is 110 Å². The minimum atomic E-state index is -4.49. The Morgan fingerprint density at radius 2 is 2.00 bits per heavy atom. The first-order valence-electron chi connectivity index (χ1n) is 5.14. The topological polar surface area (TPSA) is 21.3 Å². The van der Waals surface area contributed by atoms with Crippen LogP contribution in [0.2, 0.25) is 0 Å². The molecule has 0 aliphatic carbocycles. The summed E-state index contributed by atoms with van der Waals surface area (Å²) in [4.78, 5) is 0. The zero-order chi connectivity index (χ0) is 13.9. The molecule has 1 unspecified atom stereocenters. The Morgan fingerprint density at radius 3 is 2.44 bits per heavy atom. The Morgan fingerprint density at radius 1 is 1.39 bits per heavy atom. The highest BCUT2D eigenvalue weighted by molar-refractivity contribution is 9.10. The molecule has 0 saturated carbocycles. The van der Waals surface area contributed by atoms with E-state index in [1.807, 2.05) is 0 Å². The summed E-state index contributed by atoms with van der Waals surface area (Å²) in [6.45, 7) is 1.69. The van der Waals surface area contributed by atoms with Gasteiger partial charge < -0.3 is 10.1 Å². The molecule has 0 aromatic heterocycles. The normalized spacial score (nSPS) is 13.5. The molecule has 0 amide bonds. The minimum Gasteiger partial charge on any atom is -0.496 e. The number of rotatable bonds is 4. The summed E-state index contributed by atoms with van der Waals surface area (Å²) >= 11 is 2.87. The van der Waals surface area contributed by atoms with Crippen LogP contribution in [0.4, 0.5) is 17.6 Å². The molecule has 0 aliphatic heterocycles. The Hall–Kier alpha value is -0.820. The monoisotopic (exact) mass is 329 g/mol. The van der Waals surface area contributed by atoms with Crippen LogP contribution >= 0.6 is 15.9 Å². The fourth-order valence-corrected chi connectivity index (χ4v) is 1.91. The van der Waals surface area contributed by atoms with Crippen LogP contribution in [0.25, 0.3) is 0 Å². The summed E-state index contributed by atoms with van der Waals surface area (Å²) in [6, 6.07) is 0.110. The third kappa shape index (κ3) is 3.35. The molecule has 1 N–H and O–H groups in total. The number of nitrogens with one attached hydrogen (secondary N) is 1. The summed E-state index contributed by atoms with van der Waals surface area (Å²) in [6.07, 6.45) is -4.49. The van der Waals surface area contributed by atoms with Crippen LogP contribution in [0.5, 0.6) is 5.75 Å². The van der Waals surface area contributed by atoms with Gasteiger partial charge in [-0.25, -0.2) is 4.39 Å². The number of alkyl halides is 3. The second-order valence-electron chi connectivity index (χ2n) is 3.54. The molecule has 0 bridgehead atoms. The fourth-order valence-electron chi connectivity index (χ4n) is 1.55. The van der Waals surface area contributed by atoms with E-state index in [0.717, 1.165) is 12.1 Å². The first kappa shape index (κ1) is 15.2. The largest absolute Gasteiger partial charge is 0.496 e. The zero-order valence-electron chi connectivity index (χ0n) is 9.74. The van der Waals surface area contributed by atoms with E-state index in [1.54, 1.807) is 6.92 Å². The predicted molar refractivity (Wildman–Crippen MR) is 63.1 cm³/mol. The highest BCUT2D eigenvalue weighted by Gasteiger charge is 2.42. The first-order chi connectivity index (χ1) is 8.31. The number of hydrogen-bond acceptors (Lipinski definition) is 2. The molecule has 0 radical (unpaired) electrons. The van der Waals surface area contributed by atoms with Crippen LogP contribution in [0.15, 0.2) is 16.6 Å². The maximum atomic E-state index is 13.3. The van der Waals surface area contributed by atoms with E-state index in [-0.39, 0.29) is 22.3 Å². The van der Waals surface area contributed by atoms with E-state index >= 15 is 0 Å². The van der Waals surface area contributed by atoms with Crippen LogP contribution < -0.4 is 10.1 Å². The molecule has 18 heavy (non-hydrogen) atoms. The van der Waals surface area contributed by atoms with E-state index in [1.165, 1.54) is 7.11 Å². The number of benzene rings is 1. The molecule has 102 valence electrons. The summed E-state index contributed by atoms with van der Waals surface area (Å²) in [7, 11) is 1.20. The lowest BCUT2D eigenvalue weighted by Gasteiger charge is -2.23. The van der Waals surface area contributed by atoms with Crippen molar-refractivity contribution in [3.05, 3.63) is 28.0 Å². The van der Waals surface area contributed by atoms with Gasteiger partial charge in [-0.15, -0.1) is 0 Å². The third-order valence-corrected chi connectivity index (χ3v) is 2.93. The molecule has 1 rings (SSSR count). The van der Waals surface area contributed by atoms with Crippen molar-refractivity contribution in [2.24, 2.45) is 0 Å². The molecular formula is C11H12BrF4NO. The van der Waals surface area contributed by atoms with Crippen molar-refractivity contribution in [1.29, 1.82) is 0 Å². The van der Waals surface area contributed by atoms with Gasteiger partial charge in [0.15, 0.2) is 0 Å². The van der Waals surface area contributed by atoms with Crippen molar-refractivity contribution < 1.29 is 22.3 Å². The maximum absolute atomic E-state index is 13.3. The van der Waals surface area contributed by atoms with E-state index < -0.39 is 18.0 Å². The number of ether oxygens (including phenoxy) is 1. The molecule has 1 aromatic carbocycles. The lowest BCUT2D eigenvalue weighted by atomic mass is 10.0. The van der Waals surface area contributed by atoms with Gasteiger partial charge in [-0.2, -0.15) is 13.2 Å². The van der Waals surface area contributed by atoms with Crippen LogP contribution in [-0.2, 0) is 0 Å². The second-order valence-corrected chi connectivity index (χ2v) is 4.39. The summed E-state index contributed by atoms with van der Waals surface area (Å²) in [5.41, 5.74) is -0.153. The highest BCUT2D eigenvalue weighted by atomic mass is 79.9. The van der Waals surface area contributed by atoms with E-state index in [2.05, 4.69) is 21.2 Å². The SMILES string of the molecule is CCNC(c1cc(Br)c(F)cc1OC)C(F)(F)F. The number of halogens is 5. The predicted octanol–water partition coefficient (Wildman–Crippen LogP) is 3.81. The molecule has 0 saturated heterocycles. The average molecular weight is 330 g/mol. The van der Waals surface area contributed by atoms with Crippen molar-refractivity contribution >= 4 is 15.9 Å². The third-order valence-electron chi connectivity index (χ3n) is 2.32. The van der Waals surface area contributed by atoms with Gasteiger partial charge in [-0.3, -0.25) is 0 Å². The minimum absolute atomic E-state index is 0.0366. The van der Waals surface area contributed by atoms with Crippen molar-refractivity contribution in [2.75, 3.05) is 13.7 Å². The maximum Gasteiger partial charge on any atom is 0.408 e. The van der Waals surface area contributed by atoms with Crippen molar-refractivity contribution in [2.45, 2.75) is 19.1 Å². The highest BCUT2D eigenvalue weighted by Crippen LogP contribution is 2.39. The first-order valence-corrected chi connectivity index (χ1v) is 5.93. The van der Waals surface area contributed by atoms with Crippen molar-refractivity contribution in [3.63, 3.8) is 0 Å². The van der Waals surface area contributed by atoms with Gasteiger partial charge in [0.2, 0.25) is 0 Å². The Bertz CT molecular complexity index is 422. The summed E-state index contributed by atoms with van der Waals surface area (Å²) in [5.74, 6) is -0.813. The molecule has 0 heterocycles. The fraction of sp³-hybridized carbons (Fsp3) is 0.455. The van der Waals surface area contributed by atoms with Gasteiger partial charge in [0, 0.05) is 11.6 Å². The van der Waals surface area contributed by atoms with Crippen LogP contribution in [0.1, 0.15) is 18.5 Å². The van der Waals surface area contributed by atoms with Gasteiger partial charge in [-0.1, -0.05) is 6.92 Å².